The highest BCUT2D eigenvalue weighted by Gasteiger charge is 1.98. The molecule has 0 amide bonds. The summed E-state index contributed by atoms with van der Waals surface area (Å²) in [7, 11) is 1.53. The molecule has 0 aromatic heterocycles. The lowest BCUT2D eigenvalue weighted by Crippen LogP contribution is -1.97. The number of oxime groups is 1. The molecule has 0 bridgehead atoms. The molecular formula is C5H10BrNO. The Bertz CT molecular complexity index is 90.4. The van der Waals surface area contributed by atoms with Crippen molar-refractivity contribution in [1.29, 1.82) is 0 Å². The zero-order valence-electron chi connectivity index (χ0n) is 5.31. The topological polar surface area (TPSA) is 21.6 Å². The molecule has 0 heterocycles. The van der Waals surface area contributed by atoms with E-state index in [0.29, 0.717) is 5.92 Å². The molecule has 0 aromatic rings. The van der Waals surface area contributed by atoms with Gasteiger partial charge in [-0.1, -0.05) is 19.0 Å². The fourth-order valence-corrected chi connectivity index (χ4v) is 0.337. The monoisotopic (exact) mass is 179 g/mol. The van der Waals surface area contributed by atoms with Gasteiger partial charge in [-0.3, -0.25) is 0 Å². The van der Waals surface area contributed by atoms with E-state index in [-0.39, 0.29) is 0 Å². The molecule has 0 saturated carbocycles. The highest BCUT2D eigenvalue weighted by molar-refractivity contribution is 9.18. The average Bonchev–Trinajstić information content (AvgIpc) is 1.67. The van der Waals surface area contributed by atoms with E-state index < -0.39 is 0 Å². The maximum Gasteiger partial charge on any atom is 0.125 e. The van der Waals surface area contributed by atoms with Crippen LogP contribution >= 0.6 is 15.9 Å². The summed E-state index contributed by atoms with van der Waals surface area (Å²) < 4.78 is 0.847. The van der Waals surface area contributed by atoms with Crippen LogP contribution in [0.5, 0.6) is 0 Å². The molecular weight excluding hydrogens is 170 g/mol. The van der Waals surface area contributed by atoms with Gasteiger partial charge in [-0.05, 0) is 15.9 Å². The molecule has 0 aliphatic heterocycles. The Kier molecular flexibility index (Phi) is 3.87. The first kappa shape index (κ1) is 7.95. The molecule has 3 heteroatoms. The van der Waals surface area contributed by atoms with Gasteiger partial charge in [0.1, 0.15) is 11.7 Å². The Balaban J connectivity index is 3.61. The molecule has 2 nitrogen and oxygen atoms in total. The summed E-state index contributed by atoms with van der Waals surface area (Å²) in [5, 5.41) is 3.66. The summed E-state index contributed by atoms with van der Waals surface area (Å²) in [6.07, 6.45) is 0. The third-order valence-corrected chi connectivity index (χ3v) is 1.72. The number of hydrogen-bond acceptors (Lipinski definition) is 2. The third-order valence-electron chi connectivity index (χ3n) is 0.655. The summed E-state index contributed by atoms with van der Waals surface area (Å²) in [5.74, 6) is 0.412. The maximum atomic E-state index is 4.51. The quantitative estimate of drug-likeness (QED) is 0.470. The van der Waals surface area contributed by atoms with Crippen molar-refractivity contribution < 1.29 is 4.84 Å². The van der Waals surface area contributed by atoms with Crippen LogP contribution in [0.15, 0.2) is 5.16 Å². The van der Waals surface area contributed by atoms with Crippen LogP contribution in [0.25, 0.3) is 0 Å². The minimum atomic E-state index is 0.412. The van der Waals surface area contributed by atoms with Crippen LogP contribution in [0.1, 0.15) is 13.8 Å². The second kappa shape index (κ2) is 3.89. The standard InChI is InChI=1S/C5H10BrNO/c1-4(2)5(6)7-8-3/h4H,1-3H3/b7-5-. The molecule has 0 rings (SSSR count). The third kappa shape index (κ3) is 3.02. The minimum absolute atomic E-state index is 0.412. The molecule has 0 spiro atoms. The average molecular weight is 180 g/mol. The zero-order chi connectivity index (χ0) is 6.57. The predicted molar refractivity (Wildman–Crippen MR) is 38.2 cm³/mol. The molecule has 0 saturated heterocycles. The summed E-state index contributed by atoms with van der Waals surface area (Å²) in [5.41, 5.74) is 0. The maximum absolute atomic E-state index is 4.51. The summed E-state index contributed by atoms with van der Waals surface area (Å²) in [6, 6.07) is 0. The van der Waals surface area contributed by atoms with Crippen LogP contribution in [-0.4, -0.2) is 11.7 Å². The number of rotatable bonds is 2. The highest BCUT2D eigenvalue weighted by Crippen LogP contribution is 2.03. The van der Waals surface area contributed by atoms with Crippen LogP contribution < -0.4 is 0 Å². The van der Waals surface area contributed by atoms with Gasteiger partial charge in [-0.15, -0.1) is 0 Å². The molecule has 8 heavy (non-hydrogen) atoms. The van der Waals surface area contributed by atoms with E-state index in [0.717, 1.165) is 4.62 Å². The first-order valence-electron chi connectivity index (χ1n) is 2.45. The van der Waals surface area contributed by atoms with Crippen molar-refractivity contribution in [3.05, 3.63) is 0 Å². The lowest BCUT2D eigenvalue weighted by molar-refractivity contribution is 0.213. The van der Waals surface area contributed by atoms with E-state index >= 15 is 0 Å². The fraction of sp³-hybridized carbons (Fsp3) is 0.800. The van der Waals surface area contributed by atoms with Crippen molar-refractivity contribution in [2.45, 2.75) is 13.8 Å². The molecule has 0 unspecified atom stereocenters. The molecule has 0 radical (unpaired) electrons. The lowest BCUT2D eigenvalue weighted by Gasteiger charge is -1.97. The molecule has 0 aromatic carbocycles. The second-order valence-corrected chi connectivity index (χ2v) is 2.56. The van der Waals surface area contributed by atoms with Gasteiger partial charge in [0.05, 0.1) is 0 Å². The van der Waals surface area contributed by atoms with Gasteiger partial charge in [0.15, 0.2) is 0 Å². The van der Waals surface area contributed by atoms with Crippen molar-refractivity contribution in [3.8, 4) is 0 Å². The van der Waals surface area contributed by atoms with Gasteiger partial charge < -0.3 is 4.84 Å². The van der Waals surface area contributed by atoms with Crippen LogP contribution in [0.3, 0.4) is 0 Å². The molecule has 0 N–H and O–H groups in total. The highest BCUT2D eigenvalue weighted by atomic mass is 79.9. The molecule has 0 aliphatic rings. The van der Waals surface area contributed by atoms with E-state index in [1.165, 1.54) is 7.11 Å². The van der Waals surface area contributed by atoms with E-state index in [2.05, 4.69) is 25.9 Å². The molecule has 0 aliphatic carbocycles. The van der Waals surface area contributed by atoms with E-state index in [1.807, 2.05) is 13.8 Å². The number of hydrogen-bond donors (Lipinski definition) is 0. The Morgan fingerprint density at radius 3 is 2.25 bits per heavy atom. The van der Waals surface area contributed by atoms with Gasteiger partial charge in [0, 0.05) is 5.92 Å². The van der Waals surface area contributed by atoms with Crippen molar-refractivity contribution >= 4 is 20.6 Å². The van der Waals surface area contributed by atoms with Crippen molar-refractivity contribution in [2.75, 3.05) is 7.11 Å². The summed E-state index contributed by atoms with van der Waals surface area (Å²) in [6.45, 7) is 4.07. The SMILES string of the molecule is CO/N=C(\Br)C(C)C. The minimum Gasteiger partial charge on any atom is -0.398 e. The van der Waals surface area contributed by atoms with E-state index in [9.17, 15) is 0 Å². The van der Waals surface area contributed by atoms with Crippen LogP contribution in [-0.2, 0) is 4.84 Å². The van der Waals surface area contributed by atoms with Gasteiger partial charge in [0.2, 0.25) is 0 Å². The molecule has 0 fully saturated rings. The first-order chi connectivity index (χ1) is 3.68. The van der Waals surface area contributed by atoms with Gasteiger partial charge >= 0.3 is 0 Å². The summed E-state index contributed by atoms with van der Waals surface area (Å²) >= 11 is 3.23. The second-order valence-electron chi connectivity index (χ2n) is 1.75. The van der Waals surface area contributed by atoms with Gasteiger partial charge in [-0.2, -0.15) is 0 Å². The van der Waals surface area contributed by atoms with E-state index in [4.69, 9.17) is 0 Å². The lowest BCUT2D eigenvalue weighted by atomic mass is 10.3. The fourth-order valence-electron chi connectivity index (χ4n) is 0.193. The number of nitrogens with zero attached hydrogens (tertiary/aromatic N) is 1. The molecule has 48 valence electrons. The predicted octanol–water partition coefficient (Wildman–Crippen LogP) is 2.00. The zero-order valence-corrected chi connectivity index (χ0v) is 6.90. The molecule has 0 atom stereocenters. The largest absolute Gasteiger partial charge is 0.398 e. The van der Waals surface area contributed by atoms with Gasteiger partial charge in [0.25, 0.3) is 0 Å². The van der Waals surface area contributed by atoms with Crippen molar-refractivity contribution in [1.82, 2.24) is 0 Å². The summed E-state index contributed by atoms with van der Waals surface area (Å²) in [4.78, 5) is 4.51. The van der Waals surface area contributed by atoms with Crippen LogP contribution in [0.4, 0.5) is 0 Å². The first-order valence-corrected chi connectivity index (χ1v) is 3.24. The van der Waals surface area contributed by atoms with Crippen molar-refractivity contribution in [3.63, 3.8) is 0 Å². The Morgan fingerprint density at radius 2 is 2.12 bits per heavy atom. The van der Waals surface area contributed by atoms with Gasteiger partial charge in [-0.25, -0.2) is 0 Å². The Hall–Kier alpha value is -0.0500. The number of halogens is 1. The van der Waals surface area contributed by atoms with Crippen molar-refractivity contribution in [2.24, 2.45) is 11.1 Å². The van der Waals surface area contributed by atoms with E-state index in [1.54, 1.807) is 0 Å². The van der Waals surface area contributed by atoms with Crippen LogP contribution in [0.2, 0.25) is 0 Å². The Labute approximate surface area is 58.0 Å². The van der Waals surface area contributed by atoms with Crippen LogP contribution in [0, 0.1) is 5.92 Å². The smallest absolute Gasteiger partial charge is 0.125 e. The normalized spacial score (nSPS) is 12.4. The Morgan fingerprint density at radius 1 is 1.62 bits per heavy atom.